The van der Waals surface area contributed by atoms with E-state index in [9.17, 15) is 8.78 Å². The molecule has 0 bridgehead atoms. The number of fused-ring (bicyclic) bond motifs is 1. The lowest BCUT2D eigenvalue weighted by molar-refractivity contribution is -0.287. The van der Waals surface area contributed by atoms with Gasteiger partial charge in [-0.3, -0.25) is 0 Å². The molecule has 1 saturated heterocycles. The highest BCUT2D eigenvalue weighted by atomic mass is 19.3. The smallest absolute Gasteiger partial charge is 0.395 e. The Bertz CT molecular complexity index is 533. The molecule has 0 amide bonds. The van der Waals surface area contributed by atoms with Gasteiger partial charge >= 0.3 is 6.29 Å². The van der Waals surface area contributed by atoms with Crippen molar-refractivity contribution in [3.63, 3.8) is 0 Å². The second-order valence-corrected chi connectivity index (χ2v) is 6.20. The van der Waals surface area contributed by atoms with E-state index >= 15 is 0 Å². The molecule has 20 heavy (non-hydrogen) atoms. The zero-order chi connectivity index (χ0) is 13.8. The van der Waals surface area contributed by atoms with Crippen LogP contribution in [0.1, 0.15) is 37.2 Å². The standard InChI is InChI=1S/C15H17F2NO2/c16-15(17)19-12-3-1-2-11(13(12)20-15)10-8-14(9-10)4-6-18-7-5-14/h1-3,10,18H,4-9H2. The Labute approximate surface area is 116 Å². The van der Waals surface area contributed by atoms with Gasteiger partial charge in [-0.1, -0.05) is 12.1 Å². The molecule has 108 valence electrons. The first-order chi connectivity index (χ1) is 9.57. The van der Waals surface area contributed by atoms with E-state index in [2.05, 4.69) is 10.1 Å². The summed E-state index contributed by atoms with van der Waals surface area (Å²) in [6.45, 7) is 2.13. The lowest BCUT2D eigenvalue weighted by Gasteiger charge is -2.50. The van der Waals surface area contributed by atoms with Gasteiger partial charge in [-0.15, -0.1) is 8.78 Å². The molecular weight excluding hydrogens is 264 g/mol. The van der Waals surface area contributed by atoms with Crippen LogP contribution in [0, 0.1) is 5.41 Å². The van der Waals surface area contributed by atoms with Gasteiger partial charge in [-0.25, -0.2) is 0 Å². The van der Waals surface area contributed by atoms with Crippen molar-refractivity contribution >= 4 is 0 Å². The van der Waals surface area contributed by atoms with E-state index < -0.39 is 6.29 Å². The van der Waals surface area contributed by atoms with Gasteiger partial charge in [0.25, 0.3) is 0 Å². The first kappa shape index (κ1) is 12.4. The third kappa shape index (κ3) is 1.87. The number of hydrogen-bond acceptors (Lipinski definition) is 3. The second kappa shape index (κ2) is 4.07. The molecular formula is C15H17F2NO2. The Balaban J connectivity index is 1.56. The summed E-state index contributed by atoms with van der Waals surface area (Å²) in [5.74, 6) is 0.727. The number of alkyl halides is 2. The van der Waals surface area contributed by atoms with Gasteiger partial charge in [0.05, 0.1) is 0 Å². The number of benzene rings is 1. The highest BCUT2D eigenvalue weighted by Gasteiger charge is 2.49. The van der Waals surface area contributed by atoms with Crippen LogP contribution < -0.4 is 14.8 Å². The molecule has 1 spiro atoms. The predicted molar refractivity (Wildman–Crippen MR) is 69.2 cm³/mol. The average Bonchev–Trinajstić information content (AvgIpc) is 2.70. The van der Waals surface area contributed by atoms with Gasteiger partial charge in [0, 0.05) is 5.56 Å². The Morgan fingerprint density at radius 3 is 2.60 bits per heavy atom. The molecule has 0 unspecified atom stereocenters. The summed E-state index contributed by atoms with van der Waals surface area (Å²) in [7, 11) is 0. The molecule has 2 aliphatic heterocycles. The maximum absolute atomic E-state index is 13.2. The number of halogens is 2. The van der Waals surface area contributed by atoms with E-state index in [0.29, 0.717) is 11.3 Å². The van der Waals surface area contributed by atoms with Crippen molar-refractivity contribution in [2.75, 3.05) is 13.1 Å². The van der Waals surface area contributed by atoms with E-state index in [4.69, 9.17) is 4.74 Å². The van der Waals surface area contributed by atoms with E-state index in [-0.39, 0.29) is 11.5 Å². The van der Waals surface area contributed by atoms with Crippen LogP contribution in [0.5, 0.6) is 11.5 Å². The lowest BCUT2D eigenvalue weighted by Crippen LogP contribution is -2.44. The Morgan fingerprint density at radius 2 is 1.85 bits per heavy atom. The van der Waals surface area contributed by atoms with Gasteiger partial charge in [0.1, 0.15) is 0 Å². The monoisotopic (exact) mass is 281 g/mol. The summed E-state index contributed by atoms with van der Waals surface area (Å²) < 4.78 is 35.6. The fourth-order valence-corrected chi connectivity index (χ4v) is 3.88. The molecule has 1 aliphatic carbocycles. The third-order valence-corrected chi connectivity index (χ3v) is 4.92. The van der Waals surface area contributed by atoms with Crippen LogP contribution in [0.25, 0.3) is 0 Å². The first-order valence-electron chi connectivity index (χ1n) is 7.16. The zero-order valence-electron chi connectivity index (χ0n) is 11.1. The predicted octanol–water partition coefficient (Wildman–Crippen LogP) is 3.26. The minimum atomic E-state index is -3.52. The maximum atomic E-state index is 13.2. The highest BCUT2D eigenvalue weighted by Crippen LogP contribution is 2.59. The Kier molecular flexibility index (Phi) is 2.52. The van der Waals surface area contributed by atoms with E-state index in [1.165, 1.54) is 12.8 Å². The van der Waals surface area contributed by atoms with Crippen molar-refractivity contribution in [2.24, 2.45) is 5.41 Å². The summed E-state index contributed by atoms with van der Waals surface area (Å²) >= 11 is 0. The number of nitrogens with one attached hydrogen (secondary N) is 1. The van der Waals surface area contributed by atoms with Crippen LogP contribution in [0.4, 0.5) is 8.78 Å². The fraction of sp³-hybridized carbons (Fsp3) is 0.600. The fourth-order valence-electron chi connectivity index (χ4n) is 3.88. The SMILES string of the molecule is FC1(F)Oc2cccc(C3CC4(CCNCC4)C3)c2O1. The lowest BCUT2D eigenvalue weighted by atomic mass is 9.56. The average molecular weight is 281 g/mol. The number of ether oxygens (including phenoxy) is 2. The minimum Gasteiger partial charge on any atom is -0.395 e. The largest absolute Gasteiger partial charge is 0.586 e. The van der Waals surface area contributed by atoms with Gasteiger partial charge in [-0.05, 0) is 56.2 Å². The quantitative estimate of drug-likeness (QED) is 0.857. The second-order valence-electron chi connectivity index (χ2n) is 6.20. The zero-order valence-corrected chi connectivity index (χ0v) is 11.1. The molecule has 1 N–H and O–H groups in total. The van der Waals surface area contributed by atoms with Crippen LogP contribution in [0.2, 0.25) is 0 Å². The van der Waals surface area contributed by atoms with Gasteiger partial charge in [0.15, 0.2) is 11.5 Å². The van der Waals surface area contributed by atoms with Crippen molar-refractivity contribution in [3.05, 3.63) is 23.8 Å². The van der Waals surface area contributed by atoms with E-state index in [0.717, 1.165) is 31.5 Å². The molecule has 1 aromatic carbocycles. The number of para-hydroxylation sites is 1. The van der Waals surface area contributed by atoms with Gasteiger partial charge in [0.2, 0.25) is 0 Å². The molecule has 0 atom stereocenters. The van der Waals surface area contributed by atoms with Gasteiger partial charge < -0.3 is 14.8 Å². The van der Waals surface area contributed by atoms with Crippen molar-refractivity contribution < 1.29 is 18.3 Å². The molecule has 1 saturated carbocycles. The summed E-state index contributed by atoms with van der Waals surface area (Å²) in [4.78, 5) is 0. The molecule has 3 nitrogen and oxygen atoms in total. The summed E-state index contributed by atoms with van der Waals surface area (Å²) in [6, 6.07) is 5.20. The molecule has 5 heteroatoms. The summed E-state index contributed by atoms with van der Waals surface area (Å²) in [6.07, 6.45) is 0.993. The Hall–Kier alpha value is -1.36. The van der Waals surface area contributed by atoms with Crippen LogP contribution in [0.15, 0.2) is 18.2 Å². The van der Waals surface area contributed by atoms with Crippen LogP contribution in [-0.4, -0.2) is 19.4 Å². The first-order valence-corrected chi connectivity index (χ1v) is 7.16. The molecule has 4 rings (SSSR count). The van der Waals surface area contributed by atoms with Crippen molar-refractivity contribution in [3.8, 4) is 11.5 Å². The number of rotatable bonds is 1. The molecule has 0 radical (unpaired) electrons. The van der Waals surface area contributed by atoms with Crippen molar-refractivity contribution in [1.29, 1.82) is 0 Å². The molecule has 3 aliphatic rings. The van der Waals surface area contributed by atoms with Crippen molar-refractivity contribution in [1.82, 2.24) is 5.32 Å². The molecule has 2 fully saturated rings. The van der Waals surface area contributed by atoms with Crippen LogP contribution in [-0.2, 0) is 0 Å². The third-order valence-electron chi connectivity index (χ3n) is 4.92. The van der Waals surface area contributed by atoms with E-state index in [1.54, 1.807) is 12.1 Å². The summed E-state index contributed by atoms with van der Waals surface area (Å²) in [5.41, 5.74) is 1.30. The summed E-state index contributed by atoms with van der Waals surface area (Å²) in [5, 5.41) is 3.37. The van der Waals surface area contributed by atoms with Crippen LogP contribution >= 0.6 is 0 Å². The normalized spacial score (nSPS) is 26.5. The number of hydrogen-bond donors (Lipinski definition) is 1. The van der Waals surface area contributed by atoms with Gasteiger partial charge in [-0.2, -0.15) is 0 Å². The van der Waals surface area contributed by atoms with Crippen molar-refractivity contribution in [2.45, 2.75) is 37.9 Å². The minimum absolute atomic E-state index is 0.166. The topological polar surface area (TPSA) is 30.5 Å². The Morgan fingerprint density at radius 1 is 1.10 bits per heavy atom. The molecule has 0 aromatic heterocycles. The maximum Gasteiger partial charge on any atom is 0.586 e. The van der Waals surface area contributed by atoms with Crippen LogP contribution in [0.3, 0.4) is 0 Å². The number of piperidine rings is 1. The van der Waals surface area contributed by atoms with E-state index in [1.807, 2.05) is 6.07 Å². The molecule has 1 aromatic rings. The highest BCUT2D eigenvalue weighted by molar-refractivity contribution is 5.51. The molecule has 2 heterocycles.